The summed E-state index contributed by atoms with van der Waals surface area (Å²) >= 11 is 0. The average Bonchev–Trinajstić information content (AvgIpc) is 0. The van der Waals surface area contributed by atoms with E-state index in [2.05, 4.69) is 0 Å². The Morgan fingerprint density at radius 1 is 0.600 bits per heavy atom. The van der Waals surface area contributed by atoms with Gasteiger partial charge in [0.25, 0.3) is 0 Å². The molecular formula is BiFeS3. The number of rotatable bonds is 0. The van der Waals surface area contributed by atoms with Gasteiger partial charge in [-0.1, -0.05) is 0 Å². The third-order valence-corrected chi connectivity index (χ3v) is 0. The molecule has 0 aromatic heterocycles. The molecule has 0 heterocycles. The fourth-order valence-corrected chi connectivity index (χ4v) is 0. The summed E-state index contributed by atoms with van der Waals surface area (Å²) < 4.78 is 0. The van der Waals surface area contributed by atoms with Gasteiger partial charge < -0.3 is 40.5 Å². The Morgan fingerprint density at radius 3 is 0.600 bits per heavy atom. The van der Waals surface area contributed by atoms with Crippen LogP contribution in [-0.2, 0) is 57.6 Å². The van der Waals surface area contributed by atoms with Gasteiger partial charge in [-0.15, -0.1) is 0 Å². The van der Waals surface area contributed by atoms with E-state index in [1.807, 2.05) is 0 Å². The van der Waals surface area contributed by atoms with Crippen molar-refractivity contribution in [1.82, 2.24) is 0 Å². The smallest absolute Gasteiger partial charge is 2.00 e. The van der Waals surface area contributed by atoms with E-state index in [1.165, 1.54) is 0 Å². The maximum atomic E-state index is 0. The van der Waals surface area contributed by atoms with Gasteiger partial charge in [-0.3, -0.25) is 0 Å². The first kappa shape index (κ1) is 51.6. The van der Waals surface area contributed by atoms with Gasteiger partial charge in [-0.05, 0) is 0 Å². The normalized spacial score (nSPS) is 0. The number of hydrogen-bond donors (Lipinski definition) is 0. The van der Waals surface area contributed by atoms with Crippen LogP contribution in [0.4, 0.5) is 0 Å². The second kappa shape index (κ2) is 31.9. The van der Waals surface area contributed by atoms with E-state index in [0.29, 0.717) is 0 Å². The largest absolute Gasteiger partial charge is 3.00 e. The van der Waals surface area contributed by atoms with Crippen LogP contribution < -0.4 is 0 Å². The third kappa shape index (κ3) is 21.3. The Hall–Kier alpha value is 2.45. The van der Waals surface area contributed by atoms with E-state index in [1.54, 1.807) is 0 Å². The van der Waals surface area contributed by atoms with Crippen LogP contribution in [0.15, 0.2) is 0 Å². The molecule has 0 unspecified atom stereocenters. The summed E-state index contributed by atoms with van der Waals surface area (Å²) in [5.41, 5.74) is 0. The summed E-state index contributed by atoms with van der Waals surface area (Å²) in [6, 6.07) is 0. The molecule has 0 aliphatic heterocycles. The summed E-state index contributed by atoms with van der Waals surface area (Å²) in [5, 5.41) is 0. The van der Waals surface area contributed by atoms with Crippen LogP contribution >= 0.6 is 0 Å². The topological polar surface area (TPSA) is 0 Å². The standard InChI is InChI=1S/Bi.Fe.3S/q2*+3;3*-2. The predicted octanol–water partition coefficient (Wildman–Crippen LogP) is -0.391. The summed E-state index contributed by atoms with van der Waals surface area (Å²) in [4.78, 5) is 0. The van der Waals surface area contributed by atoms with E-state index in [9.17, 15) is 0 Å². The molecule has 0 aliphatic rings. The van der Waals surface area contributed by atoms with Gasteiger partial charge in [0.2, 0.25) is 0 Å². The van der Waals surface area contributed by atoms with Crippen molar-refractivity contribution < 1.29 is 17.1 Å². The molecule has 0 amide bonds. The van der Waals surface area contributed by atoms with Crippen molar-refractivity contribution in [1.29, 1.82) is 0 Å². The Bertz CT molecular complexity index is 6.85. The quantitative estimate of drug-likeness (QED) is 0.516. The van der Waals surface area contributed by atoms with Crippen molar-refractivity contribution in [2.75, 3.05) is 0 Å². The summed E-state index contributed by atoms with van der Waals surface area (Å²) in [6.45, 7) is 0. The molecule has 5 heteroatoms. The van der Waals surface area contributed by atoms with E-state index < -0.39 is 0 Å². The van der Waals surface area contributed by atoms with Crippen molar-refractivity contribution in [3.05, 3.63) is 0 Å². The minimum atomic E-state index is 0. The van der Waals surface area contributed by atoms with Crippen LogP contribution in [-0.4, -0.2) is 26.2 Å². The minimum Gasteiger partial charge on any atom is -2.00 e. The van der Waals surface area contributed by atoms with Crippen molar-refractivity contribution >= 4 is 66.7 Å². The third-order valence-electron chi connectivity index (χ3n) is 0. The van der Waals surface area contributed by atoms with Crippen molar-refractivity contribution in [3.8, 4) is 0 Å². The first-order valence-electron chi connectivity index (χ1n) is 0. The summed E-state index contributed by atoms with van der Waals surface area (Å²) in [7, 11) is 0. The first-order chi connectivity index (χ1) is 0. The van der Waals surface area contributed by atoms with Gasteiger partial charge in [0.1, 0.15) is 0 Å². The molecule has 0 atom stereocenters. The Morgan fingerprint density at radius 2 is 0.600 bits per heavy atom. The molecule has 5 heavy (non-hydrogen) atoms. The maximum Gasteiger partial charge on any atom is 3.00 e. The van der Waals surface area contributed by atoms with Gasteiger partial charge in [-0.25, -0.2) is 0 Å². The molecule has 0 aliphatic carbocycles. The van der Waals surface area contributed by atoms with E-state index in [0.717, 1.165) is 0 Å². The molecule has 0 rings (SSSR count). The van der Waals surface area contributed by atoms with Gasteiger partial charge in [0.15, 0.2) is 0 Å². The molecule has 0 fully saturated rings. The van der Waals surface area contributed by atoms with Crippen LogP contribution in [0.5, 0.6) is 0 Å². The number of hydrogen-bond acceptors (Lipinski definition) is 0. The van der Waals surface area contributed by atoms with E-state index in [4.69, 9.17) is 0 Å². The zero-order chi connectivity index (χ0) is 0. The molecule has 0 saturated carbocycles. The van der Waals surface area contributed by atoms with E-state index >= 15 is 0 Å². The van der Waals surface area contributed by atoms with Gasteiger partial charge in [0.05, 0.1) is 0 Å². The maximum absolute atomic E-state index is 0. The fourth-order valence-electron chi connectivity index (χ4n) is 0. The molecule has 3 radical (unpaired) electrons. The van der Waals surface area contributed by atoms with Crippen molar-refractivity contribution in [2.24, 2.45) is 0 Å². The SMILES string of the molecule is [Bi+3].[Fe+3].[S-2].[S-2].[S-2]. The monoisotopic (exact) mass is 361 g/mol. The van der Waals surface area contributed by atoms with Crippen LogP contribution in [0, 0.1) is 0 Å². The molecule has 0 aromatic carbocycles. The Balaban J connectivity index is 0. The van der Waals surface area contributed by atoms with Crippen molar-refractivity contribution in [2.45, 2.75) is 0 Å². The van der Waals surface area contributed by atoms with E-state index in [-0.39, 0.29) is 83.8 Å². The molecule has 0 bridgehead atoms. The van der Waals surface area contributed by atoms with Crippen LogP contribution in [0.1, 0.15) is 0 Å². The molecule has 0 N–H and O–H groups in total. The molecule has 0 spiro atoms. The minimum absolute atomic E-state index is 0. The molecular weight excluding hydrogens is 361 g/mol. The van der Waals surface area contributed by atoms with Crippen LogP contribution in [0.25, 0.3) is 0 Å². The fraction of sp³-hybridized carbons (Fsp3) is 0. The van der Waals surface area contributed by atoms with Gasteiger partial charge in [-0.2, -0.15) is 0 Å². The molecule has 0 nitrogen and oxygen atoms in total. The summed E-state index contributed by atoms with van der Waals surface area (Å²) in [6.07, 6.45) is 0. The van der Waals surface area contributed by atoms with Crippen LogP contribution in [0.3, 0.4) is 0 Å². The zero-order valence-electron chi connectivity index (χ0n) is 2.03. The van der Waals surface area contributed by atoms with Crippen LogP contribution in [0.2, 0.25) is 0 Å². The second-order valence-electron chi connectivity index (χ2n) is 0. The van der Waals surface area contributed by atoms with Gasteiger partial charge >= 0.3 is 43.3 Å². The Labute approximate surface area is 82.8 Å². The molecule has 31 valence electrons. The zero-order valence-corrected chi connectivity index (χ0v) is 9.06. The first-order valence-corrected chi connectivity index (χ1v) is 0. The molecule has 0 aromatic rings. The molecule has 0 saturated heterocycles. The summed E-state index contributed by atoms with van der Waals surface area (Å²) in [5.74, 6) is 0. The van der Waals surface area contributed by atoms with Gasteiger partial charge in [0, 0.05) is 0 Å². The second-order valence-corrected chi connectivity index (χ2v) is 0. The average molecular weight is 361 g/mol. The Kier molecular flexibility index (Phi) is 329. The predicted molar refractivity (Wildman–Crippen MR) is 27.8 cm³/mol. The van der Waals surface area contributed by atoms with Crippen molar-refractivity contribution in [3.63, 3.8) is 0 Å².